The highest BCUT2D eigenvalue weighted by Crippen LogP contribution is 2.38. The summed E-state index contributed by atoms with van der Waals surface area (Å²) in [6, 6.07) is 3.83. The van der Waals surface area contributed by atoms with E-state index in [4.69, 9.17) is 16.3 Å². The van der Waals surface area contributed by atoms with Crippen LogP contribution in [0.25, 0.3) is 0 Å². The van der Waals surface area contributed by atoms with Gasteiger partial charge in [0.15, 0.2) is 0 Å². The van der Waals surface area contributed by atoms with Crippen molar-refractivity contribution in [2.75, 3.05) is 18.5 Å². The largest absolute Gasteiger partial charge is 0.491 e. The molecule has 3 atom stereocenters. The van der Waals surface area contributed by atoms with Crippen LogP contribution >= 0.6 is 11.6 Å². The summed E-state index contributed by atoms with van der Waals surface area (Å²) < 4.78 is 5.81. The molecule has 0 saturated heterocycles. The summed E-state index contributed by atoms with van der Waals surface area (Å²) in [6.07, 6.45) is 4.28. The van der Waals surface area contributed by atoms with Gasteiger partial charge in [-0.25, -0.2) is 9.97 Å². The van der Waals surface area contributed by atoms with Crippen LogP contribution in [0.3, 0.4) is 0 Å². The van der Waals surface area contributed by atoms with Gasteiger partial charge in [0.05, 0.1) is 12.3 Å². The second-order valence-electron chi connectivity index (χ2n) is 6.51. The van der Waals surface area contributed by atoms with Crippen LogP contribution in [0.15, 0.2) is 24.7 Å². The van der Waals surface area contributed by atoms with Gasteiger partial charge in [-0.3, -0.25) is 4.98 Å². The van der Waals surface area contributed by atoms with Gasteiger partial charge in [0, 0.05) is 30.8 Å². The van der Waals surface area contributed by atoms with Crippen molar-refractivity contribution in [1.29, 1.82) is 0 Å². The SMILES string of the molecule is CC(CNc1cc(Cl)ncn1)C(C)C(C)c1ccnc2c1OCC2. The zero-order valence-corrected chi connectivity index (χ0v) is 15.0. The standard InChI is InChI=1S/C18H23ClN4O/c1-11(9-21-17-8-16(19)22-10-23-17)12(2)13(3)14-4-6-20-15-5-7-24-18(14)15/h4,6,8,10-13H,5,7,9H2,1-3H3,(H,21,22,23). The van der Waals surface area contributed by atoms with Crippen LogP contribution in [0.4, 0.5) is 5.82 Å². The summed E-state index contributed by atoms with van der Waals surface area (Å²) in [4.78, 5) is 12.5. The Morgan fingerprint density at radius 3 is 2.88 bits per heavy atom. The average Bonchev–Trinajstić information content (AvgIpc) is 3.07. The van der Waals surface area contributed by atoms with E-state index in [2.05, 4.69) is 47.1 Å². The molecule has 0 saturated carbocycles. The minimum absolute atomic E-state index is 0.394. The van der Waals surface area contributed by atoms with E-state index in [0.717, 1.165) is 36.8 Å². The lowest BCUT2D eigenvalue weighted by Crippen LogP contribution is -2.23. The maximum Gasteiger partial charge on any atom is 0.144 e. The monoisotopic (exact) mass is 346 g/mol. The minimum atomic E-state index is 0.394. The van der Waals surface area contributed by atoms with Gasteiger partial charge < -0.3 is 10.1 Å². The molecule has 0 spiro atoms. The summed E-state index contributed by atoms with van der Waals surface area (Å²) in [6.45, 7) is 8.37. The Kier molecular flexibility index (Phi) is 5.19. The van der Waals surface area contributed by atoms with Crippen molar-refractivity contribution < 1.29 is 4.74 Å². The molecule has 1 aliphatic heterocycles. The fraction of sp³-hybridized carbons (Fsp3) is 0.500. The van der Waals surface area contributed by atoms with Crippen LogP contribution in [0.5, 0.6) is 5.75 Å². The Balaban J connectivity index is 1.65. The number of nitrogens with one attached hydrogen (secondary N) is 1. The van der Waals surface area contributed by atoms with Gasteiger partial charge in [-0.05, 0) is 23.8 Å². The molecular weight excluding hydrogens is 324 g/mol. The smallest absolute Gasteiger partial charge is 0.144 e. The second kappa shape index (κ2) is 7.34. The fourth-order valence-electron chi connectivity index (χ4n) is 3.12. The predicted molar refractivity (Wildman–Crippen MR) is 95.7 cm³/mol. The van der Waals surface area contributed by atoms with Crippen molar-refractivity contribution >= 4 is 17.4 Å². The van der Waals surface area contributed by atoms with Gasteiger partial charge in [-0.15, -0.1) is 0 Å². The molecule has 1 N–H and O–H groups in total. The number of pyridine rings is 1. The molecule has 0 radical (unpaired) electrons. The first-order valence-electron chi connectivity index (χ1n) is 8.38. The third kappa shape index (κ3) is 3.61. The average molecular weight is 347 g/mol. The van der Waals surface area contributed by atoms with Crippen molar-refractivity contribution in [1.82, 2.24) is 15.0 Å². The number of anilines is 1. The van der Waals surface area contributed by atoms with Crippen LogP contribution in [0.2, 0.25) is 5.15 Å². The predicted octanol–water partition coefficient (Wildman–Crippen LogP) is 3.95. The topological polar surface area (TPSA) is 59.9 Å². The van der Waals surface area contributed by atoms with Crippen LogP contribution in [-0.4, -0.2) is 28.1 Å². The number of hydrogen-bond donors (Lipinski definition) is 1. The lowest BCUT2D eigenvalue weighted by Gasteiger charge is -2.27. The third-order valence-electron chi connectivity index (χ3n) is 5.01. The molecule has 2 aromatic rings. The summed E-state index contributed by atoms with van der Waals surface area (Å²) in [5, 5.41) is 3.80. The number of halogens is 1. The highest BCUT2D eigenvalue weighted by atomic mass is 35.5. The quantitative estimate of drug-likeness (QED) is 0.802. The molecule has 128 valence electrons. The Labute approximate surface area is 147 Å². The number of nitrogens with zero attached hydrogens (tertiary/aromatic N) is 3. The zero-order valence-electron chi connectivity index (χ0n) is 14.3. The zero-order chi connectivity index (χ0) is 17.1. The van der Waals surface area contributed by atoms with E-state index >= 15 is 0 Å². The van der Waals surface area contributed by atoms with E-state index in [9.17, 15) is 0 Å². The summed E-state index contributed by atoms with van der Waals surface area (Å²) in [7, 11) is 0. The normalized spacial score (nSPS) is 16.8. The molecule has 1 aliphatic rings. The Morgan fingerprint density at radius 2 is 2.08 bits per heavy atom. The molecule has 3 rings (SSSR count). The van der Waals surface area contributed by atoms with Gasteiger partial charge in [0.2, 0.25) is 0 Å². The molecule has 0 fully saturated rings. The lowest BCUT2D eigenvalue weighted by atomic mass is 9.80. The Hall–Kier alpha value is -1.88. The van der Waals surface area contributed by atoms with Crippen LogP contribution < -0.4 is 10.1 Å². The first-order chi connectivity index (χ1) is 11.6. The Bertz CT molecular complexity index is 709. The van der Waals surface area contributed by atoms with Crippen molar-refractivity contribution in [2.45, 2.75) is 33.1 Å². The van der Waals surface area contributed by atoms with Crippen LogP contribution in [0, 0.1) is 11.8 Å². The van der Waals surface area contributed by atoms with E-state index in [-0.39, 0.29) is 0 Å². The Morgan fingerprint density at radius 1 is 1.25 bits per heavy atom. The number of aromatic nitrogens is 3. The molecule has 6 heteroatoms. The van der Waals surface area contributed by atoms with E-state index in [1.54, 1.807) is 6.07 Å². The summed E-state index contributed by atoms with van der Waals surface area (Å²) in [5.41, 5.74) is 2.36. The van der Waals surface area contributed by atoms with E-state index in [0.29, 0.717) is 22.9 Å². The van der Waals surface area contributed by atoms with Crippen molar-refractivity contribution in [3.8, 4) is 5.75 Å². The third-order valence-corrected chi connectivity index (χ3v) is 5.22. The first kappa shape index (κ1) is 17.0. The molecule has 2 aromatic heterocycles. The molecule has 0 bridgehead atoms. The van der Waals surface area contributed by atoms with Gasteiger partial charge >= 0.3 is 0 Å². The van der Waals surface area contributed by atoms with Gasteiger partial charge in [0.25, 0.3) is 0 Å². The molecule has 0 amide bonds. The molecule has 0 aromatic carbocycles. The van der Waals surface area contributed by atoms with Crippen LogP contribution in [-0.2, 0) is 6.42 Å². The van der Waals surface area contributed by atoms with Crippen molar-refractivity contribution in [2.24, 2.45) is 11.8 Å². The van der Waals surface area contributed by atoms with E-state index in [1.807, 2.05) is 6.20 Å². The highest BCUT2D eigenvalue weighted by Gasteiger charge is 2.26. The summed E-state index contributed by atoms with van der Waals surface area (Å²) in [5.74, 6) is 3.09. The number of fused-ring (bicyclic) bond motifs is 1. The molecule has 3 unspecified atom stereocenters. The van der Waals surface area contributed by atoms with Crippen LogP contribution in [0.1, 0.15) is 37.9 Å². The number of rotatable bonds is 6. The maximum atomic E-state index is 5.90. The molecule has 5 nitrogen and oxygen atoms in total. The molecule has 3 heterocycles. The highest BCUT2D eigenvalue weighted by molar-refractivity contribution is 6.29. The van der Waals surface area contributed by atoms with E-state index < -0.39 is 0 Å². The minimum Gasteiger partial charge on any atom is -0.491 e. The van der Waals surface area contributed by atoms with Gasteiger partial charge in [-0.1, -0.05) is 32.4 Å². The van der Waals surface area contributed by atoms with Gasteiger partial charge in [-0.2, -0.15) is 0 Å². The first-order valence-corrected chi connectivity index (χ1v) is 8.76. The van der Waals surface area contributed by atoms with E-state index in [1.165, 1.54) is 11.9 Å². The maximum absolute atomic E-state index is 5.90. The molecular formula is C18H23ClN4O. The fourth-order valence-corrected chi connectivity index (χ4v) is 3.27. The summed E-state index contributed by atoms with van der Waals surface area (Å²) >= 11 is 5.90. The lowest BCUT2D eigenvalue weighted by molar-refractivity contribution is 0.325. The van der Waals surface area contributed by atoms with Gasteiger partial charge in [0.1, 0.15) is 23.0 Å². The van der Waals surface area contributed by atoms with Crippen molar-refractivity contribution in [3.05, 3.63) is 41.1 Å². The number of ether oxygens (including phenoxy) is 1. The van der Waals surface area contributed by atoms with Crippen molar-refractivity contribution in [3.63, 3.8) is 0 Å². The second-order valence-corrected chi connectivity index (χ2v) is 6.89. The molecule has 24 heavy (non-hydrogen) atoms. The number of hydrogen-bond acceptors (Lipinski definition) is 5. The molecule has 0 aliphatic carbocycles.